The van der Waals surface area contributed by atoms with Gasteiger partial charge in [-0.05, 0) is 18.1 Å². The molecule has 0 saturated carbocycles. The van der Waals surface area contributed by atoms with Gasteiger partial charge < -0.3 is 15.2 Å². The van der Waals surface area contributed by atoms with E-state index < -0.39 is 0 Å². The molecule has 0 aliphatic rings. The Hall–Kier alpha value is -1.69. The summed E-state index contributed by atoms with van der Waals surface area (Å²) < 4.78 is 5.28. The van der Waals surface area contributed by atoms with E-state index >= 15 is 0 Å². The highest BCUT2D eigenvalue weighted by atomic mass is 35.5. The smallest absolute Gasteiger partial charge is 0.158 e. The van der Waals surface area contributed by atoms with Crippen LogP contribution in [0.4, 0.5) is 5.82 Å². The van der Waals surface area contributed by atoms with E-state index in [-0.39, 0.29) is 6.61 Å². The second-order valence-corrected chi connectivity index (χ2v) is 4.84. The van der Waals surface area contributed by atoms with Gasteiger partial charge in [0.05, 0.1) is 6.61 Å². The summed E-state index contributed by atoms with van der Waals surface area (Å²) in [5, 5.41) is 12.6. The summed E-state index contributed by atoms with van der Waals surface area (Å²) in [6, 6.07) is 9.39. The zero-order valence-electron chi connectivity index (χ0n) is 11.8. The van der Waals surface area contributed by atoms with Crippen molar-refractivity contribution in [3.8, 4) is 0 Å². The minimum absolute atomic E-state index is 0.0516. The van der Waals surface area contributed by atoms with Crippen molar-refractivity contribution in [2.45, 2.75) is 26.7 Å². The van der Waals surface area contributed by atoms with E-state index in [9.17, 15) is 0 Å². The first-order valence-corrected chi connectivity index (χ1v) is 7.12. The lowest BCUT2D eigenvalue weighted by Crippen LogP contribution is -2.06. The van der Waals surface area contributed by atoms with E-state index in [2.05, 4.69) is 15.3 Å². The second-order valence-electron chi connectivity index (χ2n) is 4.46. The summed E-state index contributed by atoms with van der Waals surface area (Å²) in [6.45, 7) is 3.54. The van der Waals surface area contributed by atoms with Crippen molar-refractivity contribution in [1.29, 1.82) is 0 Å². The van der Waals surface area contributed by atoms with Crippen molar-refractivity contribution in [3.63, 3.8) is 0 Å². The lowest BCUT2D eigenvalue weighted by molar-refractivity contribution is 0.128. The highest BCUT2D eigenvalue weighted by molar-refractivity contribution is 6.29. The van der Waals surface area contributed by atoms with Gasteiger partial charge in [0.2, 0.25) is 0 Å². The van der Waals surface area contributed by atoms with E-state index in [0.29, 0.717) is 36.6 Å². The van der Waals surface area contributed by atoms with Crippen molar-refractivity contribution in [1.82, 2.24) is 9.97 Å². The Labute approximate surface area is 129 Å². The highest BCUT2D eigenvalue weighted by Gasteiger charge is 2.03. The summed E-state index contributed by atoms with van der Waals surface area (Å²) in [7, 11) is 0. The van der Waals surface area contributed by atoms with Crippen molar-refractivity contribution >= 4 is 17.4 Å². The van der Waals surface area contributed by atoms with Gasteiger partial charge in [-0.25, -0.2) is 9.97 Å². The topological polar surface area (TPSA) is 67.3 Å². The van der Waals surface area contributed by atoms with Crippen LogP contribution in [-0.4, -0.2) is 21.7 Å². The molecule has 1 aromatic carbocycles. The number of aromatic nitrogens is 2. The van der Waals surface area contributed by atoms with Gasteiger partial charge in [-0.15, -0.1) is 0 Å². The molecule has 2 rings (SSSR count). The summed E-state index contributed by atoms with van der Waals surface area (Å²) in [5.74, 6) is 1.22. The molecule has 0 radical (unpaired) electrons. The lowest BCUT2D eigenvalue weighted by atomic mass is 10.1. The third kappa shape index (κ3) is 4.97. The number of hydrogen-bond donors (Lipinski definition) is 2. The molecule has 0 atom stereocenters. The fourth-order valence-electron chi connectivity index (χ4n) is 1.77. The highest BCUT2D eigenvalue weighted by Crippen LogP contribution is 2.14. The molecule has 0 fully saturated rings. The fourth-order valence-corrected chi connectivity index (χ4v) is 1.97. The first-order valence-electron chi connectivity index (χ1n) is 6.75. The van der Waals surface area contributed by atoms with E-state index in [0.717, 1.165) is 11.1 Å². The van der Waals surface area contributed by atoms with Gasteiger partial charge in [-0.3, -0.25) is 0 Å². The number of nitrogens with zero attached hydrogens (tertiary/aromatic N) is 2. The monoisotopic (exact) mass is 307 g/mol. The predicted octanol–water partition coefficient (Wildman–Crippen LogP) is 2.77. The Morgan fingerprint density at radius 2 is 1.90 bits per heavy atom. The molecule has 1 aromatic heterocycles. The van der Waals surface area contributed by atoms with Crippen LogP contribution in [0.5, 0.6) is 0 Å². The van der Waals surface area contributed by atoms with Crippen molar-refractivity contribution in [2.24, 2.45) is 0 Å². The number of benzene rings is 1. The Morgan fingerprint density at radius 1 is 1.19 bits per heavy atom. The van der Waals surface area contributed by atoms with E-state index in [1.54, 1.807) is 6.07 Å². The van der Waals surface area contributed by atoms with E-state index in [1.165, 1.54) is 0 Å². The van der Waals surface area contributed by atoms with Crippen molar-refractivity contribution in [3.05, 3.63) is 52.4 Å². The number of halogens is 1. The number of nitrogens with one attached hydrogen (secondary N) is 1. The number of rotatable bonds is 7. The second kappa shape index (κ2) is 7.93. The van der Waals surface area contributed by atoms with Crippen LogP contribution in [0.15, 0.2) is 30.3 Å². The van der Waals surface area contributed by atoms with E-state index in [4.69, 9.17) is 21.4 Å². The Balaban J connectivity index is 1.99. The first kappa shape index (κ1) is 15.7. The number of aliphatic hydroxyl groups is 1. The maximum absolute atomic E-state index is 9.01. The Kier molecular flexibility index (Phi) is 5.92. The van der Waals surface area contributed by atoms with Crippen LogP contribution in [0.2, 0.25) is 5.15 Å². The van der Waals surface area contributed by atoms with Crippen molar-refractivity contribution < 1.29 is 9.84 Å². The maximum atomic E-state index is 9.01. The largest absolute Gasteiger partial charge is 0.392 e. The normalized spacial score (nSPS) is 10.6. The number of hydrogen-bond acceptors (Lipinski definition) is 5. The van der Waals surface area contributed by atoms with Crippen LogP contribution in [0, 0.1) is 0 Å². The minimum atomic E-state index is 0.0516. The zero-order chi connectivity index (χ0) is 15.1. The SMILES string of the molecule is CCOCc1nc(Cl)cc(NCc2ccc(CO)cc2)n1. The Bertz CT molecular complexity index is 576. The molecule has 2 N–H and O–H groups in total. The average molecular weight is 308 g/mol. The van der Waals surface area contributed by atoms with Gasteiger partial charge in [0.15, 0.2) is 5.82 Å². The molecule has 6 heteroatoms. The molecule has 0 aliphatic heterocycles. The minimum Gasteiger partial charge on any atom is -0.392 e. The molecule has 0 saturated heterocycles. The van der Waals surface area contributed by atoms with Gasteiger partial charge in [0.1, 0.15) is 17.6 Å². The summed E-state index contributed by atoms with van der Waals surface area (Å²) in [6.07, 6.45) is 0. The molecule has 21 heavy (non-hydrogen) atoms. The molecular formula is C15H18ClN3O2. The van der Waals surface area contributed by atoms with Crippen LogP contribution in [-0.2, 0) is 24.5 Å². The molecule has 0 bridgehead atoms. The van der Waals surface area contributed by atoms with Crippen LogP contribution in [0.3, 0.4) is 0 Å². The first-order chi connectivity index (χ1) is 10.2. The standard InChI is InChI=1S/C15H18ClN3O2/c1-2-21-10-15-18-13(16)7-14(19-15)17-8-11-3-5-12(9-20)6-4-11/h3-7,20H,2,8-10H2,1H3,(H,17,18,19). The fraction of sp³-hybridized carbons (Fsp3) is 0.333. The van der Waals surface area contributed by atoms with Crippen LogP contribution in [0.25, 0.3) is 0 Å². The van der Waals surface area contributed by atoms with Crippen LogP contribution in [0.1, 0.15) is 23.9 Å². The molecule has 1 heterocycles. The summed E-state index contributed by atoms with van der Waals surface area (Å²) in [4.78, 5) is 8.46. The van der Waals surface area contributed by atoms with Crippen molar-refractivity contribution in [2.75, 3.05) is 11.9 Å². The number of aliphatic hydroxyl groups excluding tert-OH is 1. The van der Waals surface area contributed by atoms with Gasteiger partial charge in [0.25, 0.3) is 0 Å². The summed E-state index contributed by atoms with van der Waals surface area (Å²) >= 11 is 5.98. The summed E-state index contributed by atoms with van der Waals surface area (Å²) in [5.41, 5.74) is 1.98. The number of ether oxygens (including phenoxy) is 1. The zero-order valence-corrected chi connectivity index (χ0v) is 12.6. The molecule has 5 nitrogen and oxygen atoms in total. The maximum Gasteiger partial charge on any atom is 0.158 e. The molecular weight excluding hydrogens is 290 g/mol. The van der Waals surface area contributed by atoms with Gasteiger partial charge in [-0.1, -0.05) is 35.9 Å². The van der Waals surface area contributed by atoms with Gasteiger partial charge in [0, 0.05) is 19.2 Å². The molecule has 0 aliphatic carbocycles. The predicted molar refractivity (Wildman–Crippen MR) is 82.1 cm³/mol. The molecule has 0 amide bonds. The number of anilines is 1. The molecule has 2 aromatic rings. The van der Waals surface area contributed by atoms with Crippen LogP contribution >= 0.6 is 11.6 Å². The molecule has 112 valence electrons. The quantitative estimate of drug-likeness (QED) is 0.770. The van der Waals surface area contributed by atoms with Crippen LogP contribution < -0.4 is 5.32 Å². The third-order valence-electron chi connectivity index (χ3n) is 2.86. The Morgan fingerprint density at radius 3 is 2.57 bits per heavy atom. The average Bonchev–Trinajstić information content (AvgIpc) is 2.51. The molecule has 0 unspecified atom stereocenters. The third-order valence-corrected chi connectivity index (χ3v) is 3.05. The van der Waals surface area contributed by atoms with E-state index in [1.807, 2.05) is 31.2 Å². The molecule has 0 spiro atoms. The van der Waals surface area contributed by atoms with Gasteiger partial charge >= 0.3 is 0 Å². The van der Waals surface area contributed by atoms with Gasteiger partial charge in [-0.2, -0.15) is 0 Å². The lowest BCUT2D eigenvalue weighted by Gasteiger charge is -2.08.